The van der Waals surface area contributed by atoms with E-state index in [0.29, 0.717) is 5.56 Å². The SMILES string of the molecule is CN1CCc2c(c3cc(C(C)(C)C)ccc3n2Cc2ccc(C(=O)NO)cc2)C1.O=C(O)C(F)(F)F. The van der Waals surface area contributed by atoms with Crippen LogP contribution in [0.25, 0.3) is 10.9 Å². The molecular weight excluding hydrogens is 475 g/mol. The van der Waals surface area contributed by atoms with Crippen molar-refractivity contribution >= 4 is 22.8 Å². The number of amides is 1. The lowest BCUT2D eigenvalue weighted by molar-refractivity contribution is -0.192. The van der Waals surface area contributed by atoms with E-state index in [1.54, 1.807) is 17.6 Å². The number of carbonyl (C=O) groups is 2. The number of benzene rings is 2. The zero-order chi connectivity index (χ0) is 26.8. The molecule has 0 radical (unpaired) electrons. The van der Waals surface area contributed by atoms with Gasteiger partial charge in [0.1, 0.15) is 0 Å². The summed E-state index contributed by atoms with van der Waals surface area (Å²) >= 11 is 0. The summed E-state index contributed by atoms with van der Waals surface area (Å²) in [7, 11) is 2.19. The molecule has 0 aliphatic carbocycles. The lowest BCUT2D eigenvalue weighted by Gasteiger charge is -2.24. The molecule has 7 nitrogen and oxygen atoms in total. The molecule has 0 unspecified atom stereocenters. The predicted molar refractivity (Wildman–Crippen MR) is 129 cm³/mol. The molecule has 0 atom stereocenters. The van der Waals surface area contributed by atoms with E-state index < -0.39 is 18.1 Å². The average molecular weight is 506 g/mol. The number of hydrogen-bond acceptors (Lipinski definition) is 4. The Labute approximate surface area is 207 Å². The number of rotatable bonds is 3. The topological polar surface area (TPSA) is 94.8 Å². The minimum absolute atomic E-state index is 0.118. The van der Waals surface area contributed by atoms with Crippen molar-refractivity contribution in [2.24, 2.45) is 0 Å². The first-order chi connectivity index (χ1) is 16.7. The van der Waals surface area contributed by atoms with Gasteiger partial charge in [0, 0.05) is 48.2 Å². The molecule has 3 aromatic rings. The van der Waals surface area contributed by atoms with Crippen LogP contribution in [0.2, 0.25) is 0 Å². The van der Waals surface area contributed by atoms with Crippen LogP contribution in [0.3, 0.4) is 0 Å². The Hall–Kier alpha value is -3.37. The van der Waals surface area contributed by atoms with Gasteiger partial charge >= 0.3 is 12.1 Å². The summed E-state index contributed by atoms with van der Waals surface area (Å²) in [6.45, 7) is 9.58. The summed E-state index contributed by atoms with van der Waals surface area (Å²) in [5, 5.41) is 17.3. The van der Waals surface area contributed by atoms with Crippen molar-refractivity contribution in [2.75, 3.05) is 13.6 Å². The first kappa shape index (κ1) is 27.2. The van der Waals surface area contributed by atoms with Crippen LogP contribution in [0, 0.1) is 0 Å². The molecule has 1 amide bonds. The van der Waals surface area contributed by atoms with Crippen molar-refractivity contribution in [1.82, 2.24) is 14.9 Å². The Morgan fingerprint density at radius 1 is 1.06 bits per heavy atom. The number of halogens is 3. The zero-order valence-electron chi connectivity index (χ0n) is 20.6. The molecule has 1 aliphatic heterocycles. The maximum absolute atomic E-state index is 11.6. The smallest absolute Gasteiger partial charge is 0.475 e. The van der Waals surface area contributed by atoms with E-state index in [1.807, 2.05) is 12.1 Å². The largest absolute Gasteiger partial charge is 0.490 e. The molecule has 0 saturated heterocycles. The van der Waals surface area contributed by atoms with Crippen molar-refractivity contribution in [3.63, 3.8) is 0 Å². The van der Waals surface area contributed by atoms with Crippen molar-refractivity contribution in [3.05, 3.63) is 70.4 Å². The van der Waals surface area contributed by atoms with E-state index >= 15 is 0 Å². The van der Waals surface area contributed by atoms with E-state index in [9.17, 15) is 18.0 Å². The van der Waals surface area contributed by atoms with Crippen molar-refractivity contribution in [1.29, 1.82) is 0 Å². The lowest BCUT2D eigenvalue weighted by atomic mass is 9.86. The van der Waals surface area contributed by atoms with Crippen LogP contribution in [0.4, 0.5) is 13.2 Å². The first-order valence-electron chi connectivity index (χ1n) is 11.4. The third-order valence-electron chi connectivity index (χ3n) is 6.21. The van der Waals surface area contributed by atoms with E-state index in [1.165, 1.54) is 27.7 Å². The Bertz CT molecular complexity index is 1260. The van der Waals surface area contributed by atoms with Gasteiger partial charge in [0.05, 0.1) is 0 Å². The van der Waals surface area contributed by atoms with E-state index in [2.05, 4.69) is 55.5 Å². The fraction of sp³-hybridized carbons (Fsp3) is 0.385. The van der Waals surface area contributed by atoms with Gasteiger partial charge in [0.15, 0.2) is 0 Å². The Morgan fingerprint density at radius 3 is 2.19 bits per heavy atom. The number of alkyl halides is 3. The molecule has 0 bridgehead atoms. The minimum atomic E-state index is -5.08. The van der Waals surface area contributed by atoms with Crippen LogP contribution < -0.4 is 5.48 Å². The van der Waals surface area contributed by atoms with Crippen LogP contribution in [0.15, 0.2) is 42.5 Å². The second kappa shape index (κ2) is 10.3. The molecule has 4 rings (SSSR count). The number of carbonyl (C=O) groups excluding carboxylic acids is 1. The molecular formula is C26H30F3N3O4. The highest BCUT2D eigenvalue weighted by atomic mass is 19.4. The molecule has 1 aliphatic rings. The van der Waals surface area contributed by atoms with Gasteiger partial charge in [-0.3, -0.25) is 10.0 Å². The van der Waals surface area contributed by atoms with Crippen molar-refractivity contribution in [3.8, 4) is 0 Å². The molecule has 36 heavy (non-hydrogen) atoms. The number of nitrogens with zero attached hydrogens (tertiary/aromatic N) is 2. The monoisotopic (exact) mass is 505 g/mol. The van der Waals surface area contributed by atoms with Crippen LogP contribution in [0.1, 0.15) is 53.5 Å². The molecule has 1 aromatic heterocycles. The second-order valence-corrected chi connectivity index (χ2v) is 9.92. The molecule has 0 spiro atoms. The van der Waals surface area contributed by atoms with Crippen LogP contribution in [0.5, 0.6) is 0 Å². The molecule has 2 heterocycles. The van der Waals surface area contributed by atoms with Gasteiger partial charge in [-0.05, 0) is 53.4 Å². The molecule has 0 fully saturated rings. The van der Waals surface area contributed by atoms with Crippen molar-refractivity contribution in [2.45, 2.75) is 51.9 Å². The number of fused-ring (bicyclic) bond motifs is 3. The molecule has 0 saturated carbocycles. The van der Waals surface area contributed by atoms with Gasteiger partial charge < -0.3 is 14.6 Å². The number of carboxylic acid groups (broad SMARTS) is 1. The number of hydrogen-bond donors (Lipinski definition) is 3. The fourth-order valence-electron chi connectivity index (χ4n) is 4.24. The van der Waals surface area contributed by atoms with E-state index in [0.717, 1.165) is 31.6 Å². The van der Waals surface area contributed by atoms with Gasteiger partial charge in [-0.15, -0.1) is 0 Å². The average Bonchev–Trinajstić information content (AvgIpc) is 3.10. The number of aromatic nitrogens is 1. The van der Waals surface area contributed by atoms with Crippen LogP contribution >= 0.6 is 0 Å². The highest BCUT2D eigenvalue weighted by molar-refractivity contribution is 5.93. The Balaban J connectivity index is 0.000000454. The lowest BCUT2D eigenvalue weighted by Crippen LogP contribution is -2.27. The number of likely N-dealkylation sites (N-methyl/N-ethyl adjacent to an activating group) is 1. The van der Waals surface area contributed by atoms with E-state index in [-0.39, 0.29) is 5.41 Å². The maximum atomic E-state index is 11.6. The normalized spacial score (nSPS) is 14.1. The Kier molecular flexibility index (Phi) is 7.80. The third kappa shape index (κ3) is 6.06. The standard InChI is InChI=1S/C24H29N3O2.C2HF3O2/c1-24(2,3)18-9-10-21-19(13-18)20-15-26(4)12-11-22(20)27(21)14-16-5-7-17(8-6-16)23(28)25-29;3-2(4,5)1(6)7/h5-10,13,29H,11-12,14-15H2,1-4H3,(H,25,28);(H,6,7). The van der Waals surface area contributed by atoms with Gasteiger partial charge in [0.2, 0.25) is 0 Å². The summed E-state index contributed by atoms with van der Waals surface area (Å²) < 4.78 is 34.2. The third-order valence-corrected chi connectivity index (χ3v) is 6.21. The first-order valence-corrected chi connectivity index (χ1v) is 11.4. The van der Waals surface area contributed by atoms with Gasteiger partial charge in [-0.25, -0.2) is 10.3 Å². The summed E-state index contributed by atoms with van der Waals surface area (Å²) in [6.07, 6.45) is -4.05. The fourth-order valence-corrected chi connectivity index (χ4v) is 4.24. The van der Waals surface area contributed by atoms with Crippen LogP contribution in [-0.4, -0.2) is 51.4 Å². The van der Waals surface area contributed by atoms with Gasteiger partial charge in [0.25, 0.3) is 5.91 Å². The second-order valence-electron chi connectivity index (χ2n) is 9.92. The van der Waals surface area contributed by atoms with Crippen LogP contribution in [-0.2, 0) is 29.7 Å². The quantitative estimate of drug-likeness (QED) is 0.354. The predicted octanol–water partition coefficient (Wildman–Crippen LogP) is 4.73. The maximum Gasteiger partial charge on any atom is 0.490 e. The van der Waals surface area contributed by atoms with E-state index in [4.69, 9.17) is 15.1 Å². The summed E-state index contributed by atoms with van der Waals surface area (Å²) in [5.41, 5.74) is 8.88. The summed E-state index contributed by atoms with van der Waals surface area (Å²) in [4.78, 5) is 22.9. The highest BCUT2D eigenvalue weighted by Gasteiger charge is 2.38. The molecule has 10 heteroatoms. The number of aliphatic carboxylic acids is 1. The summed E-state index contributed by atoms with van der Waals surface area (Å²) in [5.74, 6) is -3.24. The number of nitrogens with one attached hydrogen (secondary N) is 1. The van der Waals surface area contributed by atoms with Crippen molar-refractivity contribution < 1.29 is 33.1 Å². The highest BCUT2D eigenvalue weighted by Crippen LogP contribution is 2.34. The zero-order valence-corrected chi connectivity index (χ0v) is 20.6. The molecule has 2 aromatic carbocycles. The molecule has 3 N–H and O–H groups in total. The molecule has 194 valence electrons. The van der Waals surface area contributed by atoms with Gasteiger partial charge in [-0.1, -0.05) is 39.0 Å². The number of carboxylic acids is 1. The Morgan fingerprint density at radius 2 is 1.67 bits per heavy atom. The summed E-state index contributed by atoms with van der Waals surface area (Å²) in [6, 6.07) is 14.3. The minimum Gasteiger partial charge on any atom is -0.475 e. The number of hydroxylamine groups is 1. The van der Waals surface area contributed by atoms with Gasteiger partial charge in [-0.2, -0.15) is 13.2 Å².